The molecule has 1 amide bonds. The summed E-state index contributed by atoms with van der Waals surface area (Å²) in [4.78, 5) is 11.8. The molecule has 0 aliphatic heterocycles. The van der Waals surface area contributed by atoms with E-state index in [9.17, 15) is 9.90 Å². The summed E-state index contributed by atoms with van der Waals surface area (Å²) in [6, 6.07) is 5.38. The third kappa shape index (κ3) is 6.49. The van der Waals surface area contributed by atoms with Crippen LogP contribution in [0.25, 0.3) is 0 Å². The van der Waals surface area contributed by atoms with Crippen LogP contribution in [0.4, 0.5) is 10.5 Å². The molecule has 5 nitrogen and oxygen atoms in total. The van der Waals surface area contributed by atoms with E-state index < -0.39 is 17.3 Å². The number of hydrogen-bond acceptors (Lipinski definition) is 4. The van der Waals surface area contributed by atoms with Crippen molar-refractivity contribution < 1.29 is 19.4 Å². The third-order valence-corrected chi connectivity index (χ3v) is 2.54. The minimum absolute atomic E-state index is 0.496. The van der Waals surface area contributed by atoms with Crippen LogP contribution in [-0.2, 0) is 11.2 Å². The minimum Gasteiger partial charge on any atom is -0.495 e. The molecule has 0 radical (unpaired) electrons. The first kappa shape index (κ1) is 17.3. The number of rotatable bonds is 4. The summed E-state index contributed by atoms with van der Waals surface area (Å²) >= 11 is 0. The molecule has 0 saturated heterocycles. The molecule has 0 saturated carbocycles. The van der Waals surface area contributed by atoms with E-state index in [4.69, 9.17) is 9.47 Å². The second kappa shape index (κ2) is 6.35. The van der Waals surface area contributed by atoms with Crippen LogP contribution in [0.2, 0.25) is 0 Å². The zero-order valence-electron chi connectivity index (χ0n) is 13.6. The molecule has 0 fully saturated rings. The van der Waals surface area contributed by atoms with Gasteiger partial charge in [-0.1, -0.05) is 6.07 Å². The minimum atomic E-state index is -0.800. The number of methoxy groups -OCH3 is 1. The number of benzene rings is 1. The average Bonchev–Trinajstić information content (AvgIpc) is 2.26. The Balaban J connectivity index is 2.87. The van der Waals surface area contributed by atoms with Crippen molar-refractivity contribution in [3.8, 4) is 5.75 Å². The monoisotopic (exact) mass is 295 g/mol. The highest BCUT2D eigenvalue weighted by molar-refractivity contribution is 5.87. The normalized spacial score (nSPS) is 12.0. The Hall–Kier alpha value is -1.75. The van der Waals surface area contributed by atoms with E-state index in [0.29, 0.717) is 17.9 Å². The van der Waals surface area contributed by atoms with Gasteiger partial charge in [0.1, 0.15) is 11.4 Å². The highest BCUT2D eigenvalue weighted by atomic mass is 16.6. The molecule has 0 spiro atoms. The Morgan fingerprint density at radius 3 is 2.33 bits per heavy atom. The van der Waals surface area contributed by atoms with Gasteiger partial charge < -0.3 is 14.6 Å². The molecule has 0 aromatic heterocycles. The van der Waals surface area contributed by atoms with Crippen LogP contribution in [0.5, 0.6) is 5.75 Å². The second-order valence-electron chi connectivity index (χ2n) is 6.65. The molecule has 0 aliphatic carbocycles. The highest BCUT2D eigenvalue weighted by Crippen LogP contribution is 2.27. The zero-order valence-corrected chi connectivity index (χ0v) is 13.6. The van der Waals surface area contributed by atoms with Crippen LogP contribution in [0.3, 0.4) is 0 Å². The maximum atomic E-state index is 11.8. The Kier molecular flexibility index (Phi) is 5.23. The third-order valence-electron chi connectivity index (χ3n) is 2.54. The van der Waals surface area contributed by atoms with Gasteiger partial charge in [-0.15, -0.1) is 0 Å². The predicted molar refractivity (Wildman–Crippen MR) is 82.9 cm³/mol. The van der Waals surface area contributed by atoms with Gasteiger partial charge in [0.25, 0.3) is 0 Å². The fraction of sp³-hybridized carbons (Fsp3) is 0.562. The average molecular weight is 295 g/mol. The Labute approximate surface area is 126 Å². The van der Waals surface area contributed by atoms with Crippen molar-refractivity contribution in [2.75, 3.05) is 12.4 Å². The Bertz CT molecular complexity index is 498. The molecule has 1 aromatic rings. The van der Waals surface area contributed by atoms with Gasteiger partial charge in [0.05, 0.1) is 18.4 Å². The maximum Gasteiger partial charge on any atom is 0.412 e. The van der Waals surface area contributed by atoms with Crippen molar-refractivity contribution in [1.82, 2.24) is 0 Å². The van der Waals surface area contributed by atoms with Crippen LogP contribution in [-0.4, -0.2) is 29.5 Å². The van der Waals surface area contributed by atoms with Crippen molar-refractivity contribution in [2.24, 2.45) is 0 Å². The number of ether oxygens (including phenoxy) is 2. The van der Waals surface area contributed by atoms with Gasteiger partial charge >= 0.3 is 6.09 Å². The van der Waals surface area contributed by atoms with E-state index in [1.807, 2.05) is 6.07 Å². The van der Waals surface area contributed by atoms with Gasteiger partial charge in [-0.3, -0.25) is 5.32 Å². The molecule has 1 rings (SSSR count). The van der Waals surface area contributed by atoms with Gasteiger partial charge in [0.15, 0.2) is 0 Å². The maximum absolute atomic E-state index is 11.8. The van der Waals surface area contributed by atoms with Crippen molar-refractivity contribution in [3.05, 3.63) is 23.8 Å². The number of aliphatic hydroxyl groups is 1. The van der Waals surface area contributed by atoms with Crippen LogP contribution >= 0.6 is 0 Å². The second-order valence-corrected chi connectivity index (χ2v) is 6.65. The molecular weight excluding hydrogens is 270 g/mol. The molecule has 0 atom stereocenters. The van der Waals surface area contributed by atoms with Crippen LogP contribution in [0.1, 0.15) is 40.2 Å². The van der Waals surface area contributed by atoms with Crippen molar-refractivity contribution >= 4 is 11.8 Å². The summed E-state index contributed by atoms with van der Waals surface area (Å²) in [6.07, 6.45) is -0.0353. The molecule has 1 aromatic carbocycles. The molecule has 5 heteroatoms. The molecule has 0 aliphatic rings. The highest BCUT2D eigenvalue weighted by Gasteiger charge is 2.19. The molecule has 21 heavy (non-hydrogen) atoms. The van der Waals surface area contributed by atoms with E-state index in [1.54, 1.807) is 46.8 Å². The lowest BCUT2D eigenvalue weighted by Gasteiger charge is -2.21. The molecular formula is C16H25NO4. The summed E-state index contributed by atoms with van der Waals surface area (Å²) in [5, 5.41) is 12.5. The lowest BCUT2D eigenvalue weighted by Crippen LogP contribution is -2.27. The summed E-state index contributed by atoms with van der Waals surface area (Å²) in [5.74, 6) is 0.530. The fourth-order valence-corrected chi connectivity index (χ4v) is 1.86. The lowest BCUT2D eigenvalue weighted by molar-refractivity contribution is 0.0634. The van der Waals surface area contributed by atoms with Gasteiger partial charge in [-0.25, -0.2) is 4.79 Å². The molecule has 0 unspecified atom stereocenters. The quantitative estimate of drug-likeness (QED) is 0.893. The number of anilines is 1. The Morgan fingerprint density at radius 1 is 1.24 bits per heavy atom. The van der Waals surface area contributed by atoms with E-state index >= 15 is 0 Å². The number of amides is 1. The van der Waals surface area contributed by atoms with Crippen LogP contribution in [0.15, 0.2) is 18.2 Å². The van der Waals surface area contributed by atoms with Crippen LogP contribution in [0, 0.1) is 0 Å². The summed E-state index contributed by atoms with van der Waals surface area (Å²) in [5.41, 5.74) is 0.101. The SMILES string of the molecule is COc1cc(CC(C)(C)O)ccc1NC(=O)OC(C)(C)C. The first-order valence-electron chi connectivity index (χ1n) is 6.89. The number of carbonyl (C=O) groups is 1. The van der Waals surface area contributed by atoms with Gasteiger partial charge in [0.2, 0.25) is 0 Å². The van der Waals surface area contributed by atoms with E-state index in [0.717, 1.165) is 5.56 Å². The number of carbonyl (C=O) groups excluding carboxylic acids is 1. The first-order chi connectivity index (χ1) is 9.50. The zero-order chi connectivity index (χ0) is 16.3. The van der Waals surface area contributed by atoms with Gasteiger partial charge in [-0.05, 0) is 52.3 Å². The first-order valence-corrected chi connectivity index (χ1v) is 6.89. The smallest absolute Gasteiger partial charge is 0.412 e. The van der Waals surface area contributed by atoms with Crippen molar-refractivity contribution in [2.45, 2.75) is 52.2 Å². The molecule has 0 bridgehead atoms. The molecule has 0 heterocycles. The van der Waals surface area contributed by atoms with Gasteiger partial charge in [-0.2, -0.15) is 0 Å². The standard InChI is InChI=1S/C16H25NO4/c1-15(2,3)21-14(18)17-12-8-7-11(9-13(12)20-6)10-16(4,5)19/h7-9,19H,10H2,1-6H3,(H,17,18). The van der Waals surface area contributed by atoms with Crippen molar-refractivity contribution in [3.63, 3.8) is 0 Å². The van der Waals surface area contributed by atoms with E-state index in [1.165, 1.54) is 7.11 Å². The topological polar surface area (TPSA) is 67.8 Å². The predicted octanol–water partition coefficient (Wildman–Crippen LogP) is 3.36. The van der Waals surface area contributed by atoms with Crippen LogP contribution < -0.4 is 10.1 Å². The molecule has 2 N–H and O–H groups in total. The summed E-state index contributed by atoms with van der Waals surface area (Å²) in [6.45, 7) is 8.89. The lowest BCUT2D eigenvalue weighted by atomic mass is 9.98. The van der Waals surface area contributed by atoms with E-state index in [2.05, 4.69) is 5.32 Å². The summed E-state index contributed by atoms with van der Waals surface area (Å²) < 4.78 is 10.5. The van der Waals surface area contributed by atoms with Crippen molar-refractivity contribution in [1.29, 1.82) is 0 Å². The molecule has 118 valence electrons. The summed E-state index contributed by atoms with van der Waals surface area (Å²) in [7, 11) is 1.53. The van der Waals surface area contributed by atoms with Gasteiger partial charge in [0, 0.05) is 6.42 Å². The Morgan fingerprint density at radius 2 is 1.86 bits per heavy atom. The number of nitrogens with one attached hydrogen (secondary N) is 1. The fourth-order valence-electron chi connectivity index (χ4n) is 1.86. The number of hydrogen-bond donors (Lipinski definition) is 2. The largest absolute Gasteiger partial charge is 0.495 e. The van der Waals surface area contributed by atoms with E-state index in [-0.39, 0.29) is 0 Å².